The number of phenolic OH excluding ortho intramolecular Hbond substituents is 2. The number of aromatic hydroxyl groups is 2. The maximum Gasteiger partial charge on any atom is 0.125 e. The largest absolute Gasteiger partial charge is 0.508 e. The van der Waals surface area contributed by atoms with E-state index in [0.29, 0.717) is 30.2 Å². The van der Waals surface area contributed by atoms with Gasteiger partial charge in [0.2, 0.25) is 0 Å². The molecular weight excluding hydrogens is 342 g/mol. The minimum atomic E-state index is 0.0177. The molecule has 0 spiro atoms. The van der Waals surface area contributed by atoms with Crippen LogP contribution in [0.15, 0.2) is 23.4 Å². The first-order valence-electron chi connectivity index (χ1n) is 10.4. The van der Waals surface area contributed by atoms with Crippen LogP contribution in [0.1, 0.15) is 89.5 Å². The van der Waals surface area contributed by atoms with Crippen molar-refractivity contribution in [3.63, 3.8) is 0 Å². The van der Waals surface area contributed by atoms with Crippen LogP contribution in [0.25, 0.3) is 0 Å². The summed E-state index contributed by atoms with van der Waals surface area (Å²) >= 11 is 0. The summed E-state index contributed by atoms with van der Waals surface area (Å²) in [5, 5.41) is 40.8. The van der Waals surface area contributed by atoms with Gasteiger partial charge in [0.25, 0.3) is 0 Å². The van der Waals surface area contributed by atoms with Crippen molar-refractivity contribution < 1.29 is 20.5 Å². The molecule has 5 heteroatoms. The number of benzene rings is 1. The summed E-state index contributed by atoms with van der Waals surface area (Å²) in [4.78, 5) is 0. The zero-order valence-corrected chi connectivity index (χ0v) is 16.7. The van der Waals surface area contributed by atoms with Crippen LogP contribution in [0.4, 0.5) is 0 Å². The molecule has 0 aliphatic rings. The Kier molecular flexibility index (Phi) is 12.4. The molecule has 0 saturated heterocycles. The van der Waals surface area contributed by atoms with Crippen LogP contribution in [0.5, 0.6) is 11.5 Å². The Bertz CT molecular complexity index is 545. The number of oxime groups is 1. The predicted molar refractivity (Wildman–Crippen MR) is 110 cm³/mol. The van der Waals surface area contributed by atoms with Crippen LogP contribution < -0.4 is 0 Å². The Balaban J connectivity index is 2.14. The predicted octanol–water partition coefficient (Wildman–Crippen LogP) is 5.59. The van der Waals surface area contributed by atoms with E-state index in [4.69, 9.17) is 5.11 Å². The summed E-state index contributed by atoms with van der Waals surface area (Å²) in [5.74, 6) is 0.415. The summed E-state index contributed by atoms with van der Waals surface area (Å²) < 4.78 is 0. The monoisotopic (exact) mass is 379 g/mol. The van der Waals surface area contributed by atoms with Gasteiger partial charge < -0.3 is 20.5 Å². The van der Waals surface area contributed by atoms with E-state index in [0.717, 1.165) is 25.7 Å². The molecule has 5 nitrogen and oxygen atoms in total. The van der Waals surface area contributed by atoms with Crippen LogP contribution >= 0.6 is 0 Å². The summed E-state index contributed by atoms with van der Waals surface area (Å²) in [6.45, 7) is 2.44. The second-order valence-electron chi connectivity index (χ2n) is 7.61. The lowest BCUT2D eigenvalue weighted by molar-refractivity contribution is 0.282. The third-order valence-corrected chi connectivity index (χ3v) is 5.06. The van der Waals surface area contributed by atoms with E-state index in [1.165, 1.54) is 63.1 Å². The standard InChI is InChI=1S/C22H37NO4/c1-18(12-10-8-6-4-2-3-5-7-9-11-15-24)16-21(23-27)20-17-19(25)13-14-22(20)26/h13-14,17-18,24-27H,2-12,15-16H2,1H3. The minimum Gasteiger partial charge on any atom is -0.508 e. The van der Waals surface area contributed by atoms with Crippen molar-refractivity contribution in [3.8, 4) is 11.5 Å². The van der Waals surface area contributed by atoms with Gasteiger partial charge in [-0.2, -0.15) is 0 Å². The summed E-state index contributed by atoms with van der Waals surface area (Å²) in [7, 11) is 0. The van der Waals surface area contributed by atoms with Crippen LogP contribution in [0.3, 0.4) is 0 Å². The van der Waals surface area contributed by atoms with E-state index < -0.39 is 0 Å². The molecule has 154 valence electrons. The second kappa shape index (κ2) is 14.3. The lowest BCUT2D eigenvalue weighted by Crippen LogP contribution is -2.08. The third kappa shape index (κ3) is 10.2. The number of aliphatic hydroxyl groups is 1. The molecule has 0 saturated carbocycles. The molecule has 1 unspecified atom stereocenters. The first-order chi connectivity index (χ1) is 13.1. The maximum absolute atomic E-state index is 9.91. The lowest BCUT2D eigenvalue weighted by atomic mass is 9.93. The number of unbranched alkanes of at least 4 members (excludes halogenated alkanes) is 9. The van der Waals surface area contributed by atoms with Gasteiger partial charge in [0.1, 0.15) is 11.5 Å². The highest BCUT2D eigenvalue weighted by molar-refractivity contribution is 6.02. The molecule has 1 aromatic rings. The van der Waals surface area contributed by atoms with E-state index in [1.54, 1.807) is 0 Å². The van der Waals surface area contributed by atoms with Crippen molar-refractivity contribution in [1.82, 2.24) is 0 Å². The molecule has 0 heterocycles. The van der Waals surface area contributed by atoms with Gasteiger partial charge in [0, 0.05) is 12.2 Å². The van der Waals surface area contributed by atoms with E-state index in [9.17, 15) is 15.4 Å². The molecule has 1 rings (SSSR count). The molecule has 0 bridgehead atoms. The molecule has 27 heavy (non-hydrogen) atoms. The molecule has 0 aliphatic carbocycles. The number of nitrogens with zero attached hydrogens (tertiary/aromatic N) is 1. The first-order valence-corrected chi connectivity index (χ1v) is 10.4. The Morgan fingerprint density at radius 2 is 1.44 bits per heavy atom. The van der Waals surface area contributed by atoms with E-state index >= 15 is 0 Å². The topological polar surface area (TPSA) is 93.3 Å². The highest BCUT2D eigenvalue weighted by Gasteiger charge is 2.14. The van der Waals surface area contributed by atoms with Gasteiger partial charge in [-0.3, -0.25) is 0 Å². The van der Waals surface area contributed by atoms with Crippen molar-refractivity contribution in [2.24, 2.45) is 11.1 Å². The Hall–Kier alpha value is -1.75. The molecular formula is C22H37NO4. The summed E-state index contributed by atoms with van der Waals surface area (Å²) in [6, 6.07) is 4.25. The van der Waals surface area contributed by atoms with Gasteiger partial charge in [-0.25, -0.2) is 0 Å². The van der Waals surface area contributed by atoms with Crippen molar-refractivity contribution in [3.05, 3.63) is 23.8 Å². The number of hydrogen-bond acceptors (Lipinski definition) is 5. The van der Waals surface area contributed by atoms with Gasteiger partial charge in [-0.1, -0.05) is 76.3 Å². The average molecular weight is 380 g/mol. The first kappa shape index (κ1) is 23.3. The minimum absolute atomic E-state index is 0.0177. The van der Waals surface area contributed by atoms with Crippen molar-refractivity contribution in [2.45, 2.75) is 84.0 Å². The van der Waals surface area contributed by atoms with Crippen molar-refractivity contribution >= 4 is 5.71 Å². The van der Waals surface area contributed by atoms with E-state index in [1.807, 2.05) is 0 Å². The van der Waals surface area contributed by atoms with Gasteiger partial charge in [0.05, 0.1) is 5.71 Å². The maximum atomic E-state index is 9.91. The highest BCUT2D eigenvalue weighted by atomic mass is 16.4. The quantitative estimate of drug-likeness (QED) is 0.105. The van der Waals surface area contributed by atoms with Crippen LogP contribution in [-0.2, 0) is 0 Å². The number of phenols is 2. The lowest BCUT2D eigenvalue weighted by Gasteiger charge is -2.13. The average Bonchev–Trinajstić information content (AvgIpc) is 2.66. The smallest absolute Gasteiger partial charge is 0.125 e. The molecule has 0 aliphatic heterocycles. The molecule has 4 N–H and O–H groups in total. The van der Waals surface area contributed by atoms with Crippen molar-refractivity contribution in [2.75, 3.05) is 6.61 Å². The third-order valence-electron chi connectivity index (χ3n) is 5.06. The molecule has 1 aromatic carbocycles. The normalized spacial score (nSPS) is 13.0. The van der Waals surface area contributed by atoms with Crippen LogP contribution in [0.2, 0.25) is 0 Å². The van der Waals surface area contributed by atoms with E-state index in [-0.39, 0.29) is 11.5 Å². The summed E-state index contributed by atoms with van der Waals surface area (Å²) in [6.07, 6.45) is 13.7. The Morgan fingerprint density at radius 1 is 0.889 bits per heavy atom. The fourth-order valence-corrected chi connectivity index (χ4v) is 3.41. The molecule has 1 atom stereocenters. The molecule has 0 amide bonds. The zero-order valence-electron chi connectivity index (χ0n) is 16.7. The van der Waals surface area contributed by atoms with Crippen LogP contribution in [-0.4, -0.2) is 32.8 Å². The van der Waals surface area contributed by atoms with E-state index in [2.05, 4.69) is 12.1 Å². The van der Waals surface area contributed by atoms with Crippen molar-refractivity contribution in [1.29, 1.82) is 0 Å². The fraction of sp³-hybridized carbons (Fsp3) is 0.682. The molecule has 0 aromatic heterocycles. The fourth-order valence-electron chi connectivity index (χ4n) is 3.41. The number of aliphatic hydroxyl groups excluding tert-OH is 1. The van der Waals surface area contributed by atoms with Crippen LogP contribution in [0, 0.1) is 5.92 Å². The molecule has 0 radical (unpaired) electrons. The second-order valence-corrected chi connectivity index (χ2v) is 7.61. The number of rotatable bonds is 15. The zero-order chi connectivity index (χ0) is 19.9. The number of hydrogen-bond donors (Lipinski definition) is 4. The van der Waals surface area contributed by atoms with Gasteiger partial charge >= 0.3 is 0 Å². The molecule has 0 fully saturated rings. The Morgan fingerprint density at radius 3 is 2.00 bits per heavy atom. The Labute approximate surface area is 163 Å². The van der Waals surface area contributed by atoms with Gasteiger partial charge in [0.15, 0.2) is 0 Å². The van der Waals surface area contributed by atoms with Gasteiger partial charge in [-0.05, 0) is 37.0 Å². The summed E-state index contributed by atoms with van der Waals surface area (Å²) in [5.41, 5.74) is 0.806. The SMILES string of the molecule is CC(CCCCCCCCCCCCO)CC(=NO)c1cc(O)ccc1O. The van der Waals surface area contributed by atoms with Gasteiger partial charge in [-0.15, -0.1) is 0 Å². The highest BCUT2D eigenvalue weighted by Crippen LogP contribution is 2.26.